The number of hydrogen-bond donors (Lipinski definition) is 0. The summed E-state index contributed by atoms with van der Waals surface area (Å²) in [6, 6.07) is 13.1. The summed E-state index contributed by atoms with van der Waals surface area (Å²) < 4.78 is 1.19. The van der Waals surface area contributed by atoms with E-state index in [1.807, 2.05) is 12.3 Å². The maximum Gasteiger partial charge on any atom is 0.274 e. The van der Waals surface area contributed by atoms with Gasteiger partial charge in [-0.3, -0.25) is 19.5 Å². The van der Waals surface area contributed by atoms with E-state index in [0.29, 0.717) is 18.8 Å². The van der Waals surface area contributed by atoms with Crippen molar-refractivity contribution in [1.82, 2.24) is 24.6 Å². The molecule has 0 radical (unpaired) electrons. The summed E-state index contributed by atoms with van der Waals surface area (Å²) >= 11 is 0. The van der Waals surface area contributed by atoms with Gasteiger partial charge in [-0.2, -0.15) is 5.10 Å². The van der Waals surface area contributed by atoms with E-state index in [0.717, 1.165) is 30.5 Å². The lowest BCUT2D eigenvalue weighted by Gasteiger charge is -2.34. The molecule has 0 atom stereocenters. The normalized spacial score (nSPS) is 15.2. The van der Waals surface area contributed by atoms with Gasteiger partial charge in [-0.15, -0.1) is 0 Å². The smallest absolute Gasteiger partial charge is 0.274 e. The Morgan fingerprint density at radius 1 is 1.04 bits per heavy atom. The predicted molar refractivity (Wildman–Crippen MR) is 102 cm³/mol. The molecule has 4 rings (SSSR count). The zero-order chi connectivity index (χ0) is 18.8. The second-order valence-electron chi connectivity index (χ2n) is 6.74. The van der Waals surface area contributed by atoms with Crippen LogP contribution in [0.1, 0.15) is 16.1 Å². The number of aryl methyl sites for hydroxylation is 1. The third-order valence-corrected chi connectivity index (χ3v) is 4.95. The van der Waals surface area contributed by atoms with Crippen molar-refractivity contribution in [1.29, 1.82) is 0 Å². The molecule has 3 aromatic rings. The van der Waals surface area contributed by atoms with Crippen LogP contribution < -0.4 is 5.56 Å². The molecule has 0 N–H and O–H groups in total. The minimum absolute atomic E-state index is 0.128. The van der Waals surface area contributed by atoms with Crippen LogP contribution in [0.25, 0.3) is 10.9 Å². The van der Waals surface area contributed by atoms with Crippen LogP contribution in [0.3, 0.4) is 0 Å². The molecule has 27 heavy (non-hydrogen) atoms. The van der Waals surface area contributed by atoms with E-state index in [1.54, 1.807) is 11.9 Å². The van der Waals surface area contributed by atoms with E-state index in [2.05, 4.69) is 39.2 Å². The van der Waals surface area contributed by atoms with Gasteiger partial charge < -0.3 is 4.90 Å². The molecule has 0 unspecified atom stereocenters. The summed E-state index contributed by atoms with van der Waals surface area (Å²) in [5.41, 5.74) is 2.32. The van der Waals surface area contributed by atoms with E-state index in [4.69, 9.17) is 0 Å². The molecule has 138 valence electrons. The van der Waals surface area contributed by atoms with Crippen LogP contribution >= 0.6 is 0 Å². The first-order chi connectivity index (χ1) is 13.1. The number of pyridine rings is 1. The number of nitrogens with zero attached hydrogens (tertiary/aromatic N) is 5. The molecule has 7 nitrogen and oxygen atoms in total. The van der Waals surface area contributed by atoms with E-state index < -0.39 is 0 Å². The first-order valence-electron chi connectivity index (χ1n) is 9.00. The average Bonchev–Trinajstić information content (AvgIpc) is 2.70. The van der Waals surface area contributed by atoms with Crippen LogP contribution in [0.2, 0.25) is 0 Å². The van der Waals surface area contributed by atoms with Gasteiger partial charge in [0.1, 0.15) is 5.69 Å². The summed E-state index contributed by atoms with van der Waals surface area (Å²) in [4.78, 5) is 32.7. The topological polar surface area (TPSA) is 71.3 Å². The van der Waals surface area contributed by atoms with Gasteiger partial charge in [0.05, 0.1) is 5.52 Å². The maximum absolute atomic E-state index is 12.6. The highest BCUT2D eigenvalue weighted by Crippen LogP contribution is 2.18. The third kappa shape index (κ3) is 3.59. The Morgan fingerprint density at radius 2 is 1.81 bits per heavy atom. The van der Waals surface area contributed by atoms with Gasteiger partial charge >= 0.3 is 0 Å². The lowest BCUT2D eigenvalue weighted by atomic mass is 10.1. The number of benzene rings is 1. The Hall–Kier alpha value is -3.06. The highest BCUT2D eigenvalue weighted by atomic mass is 16.2. The van der Waals surface area contributed by atoms with Crippen molar-refractivity contribution >= 4 is 16.8 Å². The Balaban J connectivity index is 1.42. The zero-order valence-electron chi connectivity index (χ0n) is 15.2. The Bertz CT molecular complexity index is 1030. The highest BCUT2D eigenvalue weighted by Gasteiger charge is 2.23. The Morgan fingerprint density at radius 3 is 2.59 bits per heavy atom. The van der Waals surface area contributed by atoms with Gasteiger partial charge in [0.25, 0.3) is 11.5 Å². The number of amides is 1. The van der Waals surface area contributed by atoms with Crippen molar-refractivity contribution in [2.24, 2.45) is 7.05 Å². The number of para-hydroxylation sites is 1. The maximum atomic E-state index is 12.6. The second kappa shape index (κ2) is 7.28. The number of fused-ring (bicyclic) bond motifs is 1. The number of hydrogen-bond acceptors (Lipinski definition) is 5. The number of rotatable bonds is 3. The van der Waals surface area contributed by atoms with Gasteiger partial charge in [0, 0.05) is 57.4 Å². The van der Waals surface area contributed by atoms with Gasteiger partial charge in [0.2, 0.25) is 0 Å². The summed E-state index contributed by atoms with van der Waals surface area (Å²) in [5.74, 6) is -0.128. The third-order valence-electron chi connectivity index (χ3n) is 4.95. The predicted octanol–water partition coefficient (Wildman–Crippen LogP) is 1.29. The van der Waals surface area contributed by atoms with E-state index in [-0.39, 0.29) is 11.5 Å². The summed E-state index contributed by atoms with van der Waals surface area (Å²) in [6.45, 7) is 3.68. The monoisotopic (exact) mass is 363 g/mol. The first-order valence-corrected chi connectivity index (χ1v) is 9.00. The first kappa shape index (κ1) is 17.4. The number of carbonyl (C=O) groups is 1. The Kier molecular flexibility index (Phi) is 4.68. The van der Waals surface area contributed by atoms with Gasteiger partial charge in [-0.25, -0.2) is 4.68 Å². The average molecular weight is 363 g/mol. The molecule has 7 heteroatoms. The zero-order valence-corrected chi connectivity index (χ0v) is 15.2. The summed E-state index contributed by atoms with van der Waals surface area (Å²) in [7, 11) is 1.55. The van der Waals surface area contributed by atoms with Crippen molar-refractivity contribution in [3.63, 3.8) is 0 Å². The van der Waals surface area contributed by atoms with Crippen LogP contribution in [0.15, 0.2) is 53.5 Å². The van der Waals surface area contributed by atoms with E-state index in [9.17, 15) is 9.59 Å². The molecule has 0 saturated carbocycles. The molecule has 1 fully saturated rings. The van der Waals surface area contributed by atoms with Crippen molar-refractivity contribution in [3.8, 4) is 0 Å². The minimum Gasteiger partial charge on any atom is -0.335 e. The van der Waals surface area contributed by atoms with Crippen LogP contribution in [0.5, 0.6) is 0 Å². The fourth-order valence-electron chi connectivity index (χ4n) is 3.42. The van der Waals surface area contributed by atoms with Gasteiger partial charge in [-0.1, -0.05) is 24.3 Å². The molecule has 1 aliphatic rings. The fraction of sp³-hybridized carbons (Fsp3) is 0.300. The van der Waals surface area contributed by atoms with Crippen LogP contribution in [-0.2, 0) is 13.6 Å². The van der Waals surface area contributed by atoms with Gasteiger partial charge in [0.15, 0.2) is 0 Å². The molecule has 0 aliphatic carbocycles. The SMILES string of the molecule is Cn1nc(C(=O)N2CCN(Cc3cccc4cccnc34)CC2)ccc1=O. The standard InChI is InChI=1S/C20H21N5O2/c1-23-18(26)8-7-17(22-23)20(27)25-12-10-24(11-13-25)14-16-5-2-4-15-6-3-9-21-19(15)16/h2-9H,10-14H2,1H3. The summed E-state index contributed by atoms with van der Waals surface area (Å²) in [6.07, 6.45) is 1.82. The number of piperazine rings is 1. The van der Waals surface area contributed by atoms with Crippen molar-refractivity contribution < 1.29 is 4.79 Å². The molecular weight excluding hydrogens is 342 g/mol. The molecule has 1 amide bonds. The van der Waals surface area contributed by atoms with Crippen LogP contribution in [0.4, 0.5) is 0 Å². The molecule has 0 bridgehead atoms. The molecule has 2 aromatic heterocycles. The van der Waals surface area contributed by atoms with Crippen LogP contribution in [0, 0.1) is 0 Å². The lowest BCUT2D eigenvalue weighted by Crippen LogP contribution is -2.48. The van der Waals surface area contributed by atoms with Crippen molar-refractivity contribution in [2.75, 3.05) is 26.2 Å². The molecule has 1 aromatic carbocycles. The largest absolute Gasteiger partial charge is 0.335 e. The fourth-order valence-corrected chi connectivity index (χ4v) is 3.42. The Labute approximate surface area is 156 Å². The van der Waals surface area contributed by atoms with Crippen molar-refractivity contribution in [3.05, 3.63) is 70.3 Å². The quantitative estimate of drug-likeness (QED) is 0.701. The lowest BCUT2D eigenvalue weighted by molar-refractivity contribution is 0.0620. The highest BCUT2D eigenvalue weighted by molar-refractivity contribution is 5.92. The second-order valence-corrected chi connectivity index (χ2v) is 6.74. The molecule has 1 aliphatic heterocycles. The molecule has 0 spiro atoms. The van der Waals surface area contributed by atoms with E-state index >= 15 is 0 Å². The molecule has 1 saturated heterocycles. The number of aromatic nitrogens is 3. The van der Waals surface area contributed by atoms with E-state index in [1.165, 1.54) is 22.4 Å². The number of carbonyl (C=O) groups excluding carboxylic acids is 1. The minimum atomic E-state index is -0.222. The van der Waals surface area contributed by atoms with Crippen molar-refractivity contribution in [2.45, 2.75) is 6.54 Å². The van der Waals surface area contributed by atoms with Crippen LogP contribution in [-0.4, -0.2) is 56.7 Å². The molecule has 3 heterocycles. The molecular formula is C20H21N5O2. The van der Waals surface area contributed by atoms with Gasteiger partial charge in [-0.05, 0) is 17.7 Å². The summed E-state index contributed by atoms with van der Waals surface area (Å²) in [5, 5.41) is 5.20.